The molecular weight excluding hydrogens is 560 g/mol. The molecule has 2 aromatic carbocycles. The molecule has 14 nitrogen and oxygen atoms in total. The molecule has 0 spiro atoms. The van der Waals surface area contributed by atoms with E-state index in [0.29, 0.717) is 5.56 Å². The summed E-state index contributed by atoms with van der Waals surface area (Å²) < 4.78 is 28.3. The zero-order valence-electron chi connectivity index (χ0n) is 22.5. The van der Waals surface area contributed by atoms with Crippen LogP contribution in [0.4, 0.5) is 0 Å². The largest absolute Gasteiger partial charge is 0.506 e. The second kappa shape index (κ2) is 11.7. The predicted molar refractivity (Wildman–Crippen MR) is 142 cm³/mol. The number of aromatic hydroxyl groups is 2. The fourth-order valence-electron chi connectivity index (χ4n) is 5.22. The van der Waals surface area contributed by atoms with Gasteiger partial charge in [-0.2, -0.15) is 0 Å². The lowest BCUT2D eigenvalue weighted by atomic mass is 9.92. The number of ether oxygens (including phenoxy) is 4. The van der Waals surface area contributed by atoms with Crippen molar-refractivity contribution in [1.82, 2.24) is 0 Å². The number of phenolic OH excluding ortho intramolecular Hbond substituents is 2. The number of hydrogen-bond donors (Lipinski definition) is 8. The number of rotatable bonds is 6. The SMILES string of the molecule is COc1cc(-c2cc(=O)c3c(O)c([C@H]4C[C@H](O)[C@@H](O)[C@@H](C)O4)c(O[C@@H]4O[C@H](CO)[C@@H](O)[C@H](O)[C@H]4O)cc3o2)ccc1O. The average Bonchev–Trinajstić information content (AvgIpc) is 2.95. The molecule has 0 amide bonds. The van der Waals surface area contributed by atoms with Crippen LogP contribution < -0.4 is 14.9 Å². The van der Waals surface area contributed by atoms with Gasteiger partial charge in [0, 0.05) is 24.1 Å². The standard InChI is InChI=1S/C28H32O14/c1-10-23(33)14(32)7-17(39-10)22-19(41-28-27(37)26(36)24(34)20(9-29)42-28)8-18-21(25(22)35)13(31)6-15(40-18)11-3-4-12(30)16(5-11)38-2/h3-6,8,10,14,17,20,23-24,26-30,32-37H,7,9H2,1-2H3/t10-,14+,17-,20-,23+,24-,26+,27-,28-/m1/s1. The summed E-state index contributed by atoms with van der Waals surface area (Å²) in [4.78, 5) is 13.3. The van der Waals surface area contributed by atoms with E-state index >= 15 is 0 Å². The third-order valence-electron chi connectivity index (χ3n) is 7.58. The van der Waals surface area contributed by atoms with Crippen LogP contribution in [0.2, 0.25) is 0 Å². The summed E-state index contributed by atoms with van der Waals surface area (Å²) in [5.74, 6) is -0.858. The van der Waals surface area contributed by atoms with Crippen molar-refractivity contribution in [3.63, 3.8) is 0 Å². The maximum atomic E-state index is 13.3. The van der Waals surface area contributed by atoms with Gasteiger partial charge in [0.1, 0.15) is 58.7 Å². The van der Waals surface area contributed by atoms with Gasteiger partial charge in [0.25, 0.3) is 0 Å². The van der Waals surface area contributed by atoms with Crippen LogP contribution in [0.3, 0.4) is 0 Å². The first kappa shape index (κ1) is 30.0. The number of aliphatic hydroxyl groups is 6. The molecule has 1 aromatic heterocycles. The van der Waals surface area contributed by atoms with Crippen LogP contribution in [0.1, 0.15) is 25.0 Å². The van der Waals surface area contributed by atoms with Gasteiger partial charge < -0.3 is 64.2 Å². The van der Waals surface area contributed by atoms with Gasteiger partial charge >= 0.3 is 0 Å². The Morgan fingerprint density at radius 3 is 2.33 bits per heavy atom. The van der Waals surface area contributed by atoms with Crippen LogP contribution in [0.15, 0.2) is 39.5 Å². The highest BCUT2D eigenvalue weighted by molar-refractivity contribution is 5.88. The average molecular weight is 593 g/mol. The molecule has 2 aliphatic rings. The van der Waals surface area contributed by atoms with E-state index in [1.807, 2.05) is 0 Å². The van der Waals surface area contributed by atoms with Crippen LogP contribution in [0, 0.1) is 0 Å². The van der Waals surface area contributed by atoms with Gasteiger partial charge in [-0.1, -0.05) is 0 Å². The Morgan fingerprint density at radius 1 is 0.929 bits per heavy atom. The van der Waals surface area contributed by atoms with Gasteiger partial charge in [0.15, 0.2) is 16.9 Å². The van der Waals surface area contributed by atoms with Crippen LogP contribution in [0.25, 0.3) is 22.3 Å². The topological polar surface area (TPSA) is 229 Å². The van der Waals surface area contributed by atoms with Crippen molar-refractivity contribution in [3.05, 3.63) is 46.1 Å². The normalized spacial score (nSPS) is 31.7. The van der Waals surface area contributed by atoms with E-state index < -0.39 is 72.9 Å². The van der Waals surface area contributed by atoms with Gasteiger partial charge in [-0.25, -0.2) is 0 Å². The Balaban J connectivity index is 1.66. The summed E-state index contributed by atoms with van der Waals surface area (Å²) in [5.41, 5.74) is -0.621. The van der Waals surface area contributed by atoms with Gasteiger partial charge in [-0.05, 0) is 25.1 Å². The van der Waals surface area contributed by atoms with E-state index in [1.54, 1.807) is 0 Å². The van der Waals surface area contributed by atoms with E-state index in [9.17, 15) is 45.6 Å². The van der Waals surface area contributed by atoms with Crippen LogP contribution in [0.5, 0.6) is 23.0 Å². The Labute approximate surface area is 238 Å². The van der Waals surface area contributed by atoms with Crippen LogP contribution in [-0.2, 0) is 9.47 Å². The highest BCUT2D eigenvalue weighted by atomic mass is 16.7. The fourth-order valence-corrected chi connectivity index (χ4v) is 5.22. The smallest absolute Gasteiger partial charge is 0.229 e. The molecule has 2 fully saturated rings. The summed E-state index contributed by atoms with van der Waals surface area (Å²) >= 11 is 0. The fraction of sp³-hybridized carbons (Fsp3) is 0.464. The van der Waals surface area contributed by atoms with Crippen molar-refractivity contribution in [3.8, 4) is 34.3 Å². The van der Waals surface area contributed by atoms with Crippen LogP contribution in [-0.4, -0.2) is 104 Å². The quantitative estimate of drug-likeness (QED) is 0.183. The molecule has 228 valence electrons. The second-order valence-corrected chi connectivity index (χ2v) is 10.3. The summed E-state index contributed by atoms with van der Waals surface area (Å²) in [5, 5.41) is 82.3. The van der Waals surface area contributed by atoms with E-state index in [-0.39, 0.29) is 46.0 Å². The number of fused-ring (bicyclic) bond motifs is 1. The first-order valence-corrected chi connectivity index (χ1v) is 13.1. The molecule has 0 radical (unpaired) electrons. The van der Waals surface area contributed by atoms with E-state index in [1.165, 1.54) is 38.3 Å². The molecule has 9 atom stereocenters. The number of phenols is 2. The number of hydrogen-bond acceptors (Lipinski definition) is 14. The molecule has 0 aliphatic carbocycles. The Kier molecular flexibility index (Phi) is 8.33. The van der Waals surface area contributed by atoms with Crippen molar-refractivity contribution in [2.75, 3.05) is 13.7 Å². The molecule has 14 heteroatoms. The number of aliphatic hydroxyl groups excluding tert-OH is 6. The zero-order chi connectivity index (χ0) is 30.5. The number of methoxy groups -OCH3 is 1. The minimum atomic E-state index is -1.81. The molecular formula is C28H32O14. The van der Waals surface area contributed by atoms with Gasteiger partial charge in [-0.15, -0.1) is 0 Å². The molecule has 2 aliphatic heterocycles. The number of benzene rings is 2. The Bertz CT molecular complexity index is 1490. The van der Waals surface area contributed by atoms with Crippen molar-refractivity contribution in [2.24, 2.45) is 0 Å². The van der Waals surface area contributed by atoms with Crippen molar-refractivity contribution in [1.29, 1.82) is 0 Å². The minimum absolute atomic E-state index is 0.0397. The maximum Gasteiger partial charge on any atom is 0.229 e. The monoisotopic (exact) mass is 592 g/mol. The van der Waals surface area contributed by atoms with Gasteiger partial charge in [0.05, 0.1) is 37.6 Å². The van der Waals surface area contributed by atoms with Crippen molar-refractivity contribution in [2.45, 2.75) is 68.5 Å². The molecule has 3 heterocycles. The molecule has 0 saturated carbocycles. The van der Waals surface area contributed by atoms with E-state index in [2.05, 4.69) is 0 Å². The summed E-state index contributed by atoms with van der Waals surface area (Å²) in [6.45, 7) is 0.783. The van der Waals surface area contributed by atoms with Gasteiger partial charge in [0.2, 0.25) is 6.29 Å². The first-order chi connectivity index (χ1) is 19.9. The molecule has 2 saturated heterocycles. The summed E-state index contributed by atoms with van der Waals surface area (Å²) in [6.07, 6.45) is -12.9. The van der Waals surface area contributed by atoms with Crippen molar-refractivity contribution >= 4 is 11.0 Å². The highest BCUT2D eigenvalue weighted by Gasteiger charge is 2.46. The lowest BCUT2D eigenvalue weighted by Crippen LogP contribution is -2.60. The van der Waals surface area contributed by atoms with E-state index in [0.717, 1.165) is 6.07 Å². The van der Waals surface area contributed by atoms with Gasteiger partial charge in [-0.3, -0.25) is 4.79 Å². The molecule has 0 bridgehead atoms. The predicted octanol–water partition coefficient (Wildman–Crippen LogP) is -0.370. The highest BCUT2D eigenvalue weighted by Crippen LogP contribution is 2.46. The minimum Gasteiger partial charge on any atom is -0.506 e. The van der Waals surface area contributed by atoms with Crippen LogP contribution >= 0.6 is 0 Å². The maximum absolute atomic E-state index is 13.3. The molecule has 42 heavy (non-hydrogen) atoms. The Hall–Kier alpha value is -3.47. The summed E-state index contributed by atoms with van der Waals surface area (Å²) in [6, 6.07) is 6.60. The molecule has 5 rings (SSSR count). The molecule has 8 N–H and O–H groups in total. The third-order valence-corrected chi connectivity index (χ3v) is 7.58. The first-order valence-electron chi connectivity index (χ1n) is 13.1. The van der Waals surface area contributed by atoms with E-state index in [4.69, 9.17) is 23.4 Å². The lowest BCUT2D eigenvalue weighted by Gasteiger charge is -2.40. The van der Waals surface area contributed by atoms with Crippen molar-refractivity contribution < 1.29 is 64.2 Å². The Morgan fingerprint density at radius 2 is 1.67 bits per heavy atom. The molecule has 0 unspecified atom stereocenters. The molecule has 3 aromatic rings. The lowest BCUT2D eigenvalue weighted by molar-refractivity contribution is -0.277. The summed E-state index contributed by atoms with van der Waals surface area (Å²) in [7, 11) is 1.35. The third kappa shape index (κ3) is 5.27. The zero-order valence-corrected chi connectivity index (χ0v) is 22.5. The second-order valence-electron chi connectivity index (χ2n) is 10.3.